The number of nitrogens with two attached hydrogens (primary N) is 1. The van der Waals surface area contributed by atoms with Gasteiger partial charge in [0.05, 0.1) is 25.1 Å². The van der Waals surface area contributed by atoms with Crippen molar-refractivity contribution in [2.45, 2.75) is 44.0 Å². The van der Waals surface area contributed by atoms with Crippen molar-refractivity contribution in [2.75, 3.05) is 6.54 Å². The number of carboxylic acids is 2. The van der Waals surface area contributed by atoms with E-state index in [1.165, 1.54) is 6.92 Å². The maximum atomic E-state index is 12.8. The zero-order valence-corrected chi connectivity index (χ0v) is 18.3. The molecular formula is C21H27N5O8. The van der Waals surface area contributed by atoms with Crippen LogP contribution in [-0.2, 0) is 30.4 Å². The Morgan fingerprint density at radius 1 is 1.06 bits per heavy atom. The summed E-state index contributed by atoms with van der Waals surface area (Å²) in [5.41, 5.74) is 7.06. The monoisotopic (exact) mass is 477 g/mol. The highest BCUT2D eigenvalue weighted by Crippen LogP contribution is 2.19. The summed E-state index contributed by atoms with van der Waals surface area (Å²) in [5, 5.41) is 34.9. The quantitative estimate of drug-likeness (QED) is 0.170. The number of hydrogen-bond acceptors (Lipinski definition) is 7. The number of aromatic amines is 1. The van der Waals surface area contributed by atoms with Gasteiger partial charge in [-0.05, 0) is 18.6 Å². The molecule has 13 heteroatoms. The number of carboxylic acid groups (broad SMARTS) is 2. The van der Waals surface area contributed by atoms with Crippen LogP contribution in [0.4, 0.5) is 0 Å². The van der Waals surface area contributed by atoms with E-state index in [0.717, 1.165) is 10.9 Å². The average molecular weight is 477 g/mol. The lowest BCUT2D eigenvalue weighted by Gasteiger charge is -2.21. The fourth-order valence-corrected chi connectivity index (χ4v) is 3.19. The molecule has 0 aliphatic carbocycles. The van der Waals surface area contributed by atoms with Crippen molar-refractivity contribution < 1.29 is 39.3 Å². The Hall–Kier alpha value is -3.97. The lowest BCUT2D eigenvalue weighted by molar-refractivity contribution is -0.144. The maximum Gasteiger partial charge on any atom is 0.328 e. The van der Waals surface area contributed by atoms with Gasteiger partial charge in [0.25, 0.3) is 0 Å². The lowest BCUT2D eigenvalue weighted by atomic mass is 10.0. The smallest absolute Gasteiger partial charge is 0.328 e. The average Bonchev–Trinajstić information content (AvgIpc) is 3.17. The van der Waals surface area contributed by atoms with Crippen molar-refractivity contribution in [1.29, 1.82) is 0 Å². The number of para-hydroxylation sites is 1. The zero-order chi connectivity index (χ0) is 25.4. The normalized spacial score (nSPS) is 14.4. The fraction of sp³-hybridized carbons (Fsp3) is 0.381. The Balaban J connectivity index is 2.13. The molecule has 2 aromatic rings. The van der Waals surface area contributed by atoms with Gasteiger partial charge in [0.15, 0.2) is 6.04 Å². The topological polar surface area (TPSA) is 224 Å². The Bertz CT molecular complexity index is 1070. The van der Waals surface area contributed by atoms with Crippen LogP contribution in [-0.4, -0.2) is 80.7 Å². The summed E-state index contributed by atoms with van der Waals surface area (Å²) in [7, 11) is 0. The summed E-state index contributed by atoms with van der Waals surface area (Å²) in [5.74, 6) is -5.26. The first-order valence-electron chi connectivity index (χ1n) is 10.3. The summed E-state index contributed by atoms with van der Waals surface area (Å²) in [6, 6.07) is 3.05. The van der Waals surface area contributed by atoms with Gasteiger partial charge >= 0.3 is 11.9 Å². The molecule has 34 heavy (non-hydrogen) atoms. The molecule has 0 saturated heterocycles. The predicted molar refractivity (Wildman–Crippen MR) is 118 cm³/mol. The maximum absolute atomic E-state index is 12.8. The SMILES string of the molecule is CC(O)C(NC(=O)CNC(=O)C(Cc1c[nH]c2ccccc12)NC(=O)C(N)CC(=O)O)C(=O)O. The number of aliphatic hydroxyl groups excluding tert-OH is 1. The highest BCUT2D eigenvalue weighted by Gasteiger charge is 2.28. The number of aliphatic hydroxyl groups is 1. The van der Waals surface area contributed by atoms with Crippen molar-refractivity contribution in [2.24, 2.45) is 5.73 Å². The zero-order valence-electron chi connectivity index (χ0n) is 18.3. The first-order chi connectivity index (χ1) is 16.0. The molecule has 9 N–H and O–H groups in total. The summed E-state index contributed by atoms with van der Waals surface area (Å²) in [6.45, 7) is 0.557. The molecule has 0 saturated carbocycles. The van der Waals surface area contributed by atoms with Crippen molar-refractivity contribution >= 4 is 40.6 Å². The van der Waals surface area contributed by atoms with Crippen LogP contribution in [0.2, 0.25) is 0 Å². The molecule has 184 valence electrons. The Kier molecular flexibility index (Phi) is 9.10. The third-order valence-corrected chi connectivity index (χ3v) is 4.95. The molecule has 0 spiro atoms. The van der Waals surface area contributed by atoms with Gasteiger partial charge in [-0.25, -0.2) is 4.79 Å². The van der Waals surface area contributed by atoms with Gasteiger partial charge in [-0.15, -0.1) is 0 Å². The fourth-order valence-electron chi connectivity index (χ4n) is 3.19. The Labute approximate surface area is 193 Å². The van der Waals surface area contributed by atoms with Crippen LogP contribution in [0, 0.1) is 0 Å². The van der Waals surface area contributed by atoms with E-state index in [-0.39, 0.29) is 6.42 Å². The molecule has 0 aliphatic rings. The molecular weight excluding hydrogens is 450 g/mol. The van der Waals surface area contributed by atoms with Crippen LogP contribution in [0.5, 0.6) is 0 Å². The second-order valence-corrected chi connectivity index (χ2v) is 7.67. The molecule has 0 fully saturated rings. The molecule has 3 amide bonds. The van der Waals surface area contributed by atoms with Gasteiger partial charge in [-0.3, -0.25) is 19.2 Å². The number of fused-ring (bicyclic) bond motifs is 1. The largest absolute Gasteiger partial charge is 0.481 e. The molecule has 1 aromatic carbocycles. The molecule has 0 radical (unpaired) electrons. The van der Waals surface area contributed by atoms with E-state index in [1.807, 2.05) is 18.2 Å². The van der Waals surface area contributed by atoms with Crippen molar-refractivity contribution in [3.8, 4) is 0 Å². The molecule has 0 bridgehead atoms. The number of aromatic nitrogens is 1. The molecule has 1 aromatic heterocycles. The number of aliphatic carboxylic acids is 2. The van der Waals surface area contributed by atoms with E-state index in [1.54, 1.807) is 12.3 Å². The van der Waals surface area contributed by atoms with Crippen LogP contribution >= 0.6 is 0 Å². The standard InChI is InChI=1S/C21H27N5O8/c1-10(27)18(21(33)34)26-16(28)9-24-20(32)15(25-19(31)13(22)7-17(29)30)6-11-8-23-14-5-3-2-4-12(11)14/h2-5,8,10,13,15,18,23,27H,6-7,9,22H2,1H3,(H,24,32)(H,25,31)(H,26,28)(H,29,30)(H,33,34). The number of rotatable bonds is 12. The molecule has 1 heterocycles. The van der Waals surface area contributed by atoms with Gasteiger partial charge in [0.1, 0.15) is 6.04 Å². The van der Waals surface area contributed by atoms with Gasteiger partial charge in [0.2, 0.25) is 17.7 Å². The van der Waals surface area contributed by atoms with Crippen molar-refractivity contribution in [3.05, 3.63) is 36.0 Å². The van der Waals surface area contributed by atoms with Crippen LogP contribution in [0.15, 0.2) is 30.5 Å². The van der Waals surface area contributed by atoms with Crippen LogP contribution in [0.3, 0.4) is 0 Å². The first kappa shape index (κ1) is 26.3. The second-order valence-electron chi connectivity index (χ2n) is 7.67. The summed E-state index contributed by atoms with van der Waals surface area (Å²) in [6.07, 6.45) is -0.372. The molecule has 4 atom stereocenters. The summed E-state index contributed by atoms with van der Waals surface area (Å²) < 4.78 is 0. The van der Waals surface area contributed by atoms with Gasteiger partial charge in [0, 0.05) is 23.5 Å². The van der Waals surface area contributed by atoms with E-state index < -0.39 is 66.9 Å². The van der Waals surface area contributed by atoms with E-state index in [2.05, 4.69) is 20.9 Å². The van der Waals surface area contributed by atoms with E-state index in [9.17, 15) is 29.1 Å². The number of hydrogen-bond donors (Lipinski definition) is 8. The van der Waals surface area contributed by atoms with Gasteiger partial charge in [-0.2, -0.15) is 0 Å². The number of benzene rings is 1. The van der Waals surface area contributed by atoms with Crippen LogP contribution < -0.4 is 21.7 Å². The first-order valence-corrected chi connectivity index (χ1v) is 10.3. The molecule has 2 rings (SSSR count). The van der Waals surface area contributed by atoms with Crippen molar-refractivity contribution in [1.82, 2.24) is 20.9 Å². The highest BCUT2D eigenvalue weighted by atomic mass is 16.4. The van der Waals surface area contributed by atoms with Gasteiger partial charge in [-0.1, -0.05) is 18.2 Å². The van der Waals surface area contributed by atoms with E-state index in [4.69, 9.17) is 15.9 Å². The second kappa shape index (κ2) is 11.8. The summed E-state index contributed by atoms with van der Waals surface area (Å²) in [4.78, 5) is 62.2. The third kappa shape index (κ3) is 7.28. The van der Waals surface area contributed by atoms with E-state index >= 15 is 0 Å². The Morgan fingerprint density at radius 2 is 1.74 bits per heavy atom. The molecule has 13 nitrogen and oxygen atoms in total. The summed E-state index contributed by atoms with van der Waals surface area (Å²) >= 11 is 0. The number of nitrogens with one attached hydrogen (secondary N) is 4. The van der Waals surface area contributed by atoms with Crippen LogP contribution in [0.25, 0.3) is 10.9 Å². The minimum atomic E-state index is -1.57. The number of carbonyl (C=O) groups is 5. The minimum Gasteiger partial charge on any atom is -0.481 e. The number of amides is 3. The molecule has 0 aliphatic heterocycles. The molecule has 4 unspecified atom stereocenters. The number of H-pyrrole nitrogens is 1. The lowest BCUT2D eigenvalue weighted by Crippen LogP contribution is -2.55. The van der Waals surface area contributed by atoms with Crippen molar-refractivity contribution in [3.63, 3.8) is 0 Å². The van der Waals surface area contributed by atoms with Crippen LogP contribution in [0.1, 0.15) is 18.9 Å². The van der Waals surface area contributed by atoms with E-state index in [0.29, 0.717) is 5.56 Å². The van der Waals surface area contributed by atoms with Gasteiger partial charge < -0.3 is 42.0 Å². The third-order valence-electron chi connectivity index (χ3n) is 4.95. The predicted octanol–water partition coefficient (Wildman–Crippen LogP) is -1.94. The minimum absolute atomic E-state index is 0.00553. The highest BCUT2D eigenvalue weighted by molar-refractivity contribution is 5.94. The Morgan fingerprint density at radius 3 is 2.35 bits per heavy atom. The number of carbonyl (C=O) groups excluding carboxylic acids is 3.